The van der Waals surface area contributed by atoms with Gasteiger partial charge in [-0.25, -0.2) is 0 Å². The number of nitrogens with one attached hydrogen (secondary N) is 1. The average Bonchev–Trinajstić information content (AvgIpc) is 2.92. The summed E-state index contributed by atoms with van der Waals surface area (Å²) in [5.74, 6) is -1.15. The Labute approximate surface area is 134 Å². The van der Waals surface area contributed by atoms with Crippen molar-refractivity contribution in [2.45, 2.75) is 13.3 Å². The highest BCUT2D eigenvalue weighted by molar-refractivity contribution is 6.48. The summed E-state index contributed by atoms with van der Waals surface area (Å²) in [6.45, 7) is 2.07. The summed E-state index contributed by atoms with van der Waals surface area (Å²) in [6.07, 6.45) is 2.63. The molecule has 0 aliphatic carbocycles. The maximum atomic E-state index is 12.5. The Kier molecular flexibility index (Phi) is 3.98. The van der Waals surface area contributed by atoms with Gasteiger partial charge in [0.15, 0.2) is 0 Å². The molecule has 0 fully saturated rings. The molecule has 1 amide bonds. The number of rotatable bonds is 4. The molecule has 2 aromatic carbocycles. The van der Waals surface area contributed by atoms with Gasteiger partial charge in [-0.3, -0.25) is 9.59 Å². The SMILES string of the molecule is CCc1ccc(NC(=O)C(=O)c2cn(C)c3ccccc23)cc1. The number of aryl methyl sites for hydroxylation is 2. The molecule has 0 radical (unpaired) electrons. The van der Waals surface area contributed by atoms with Crippen LogP contribution in [-0.4, -0.2) is 16.3 Å². The second kappa shape index (κ2) is 6.08. The van der Waals surface area contributed by atoms with Crippen molar-refractivity contribution < 1.29 is 9.59 Å². The molecule has 4 heteroatoms. The Morgan fingerprint density at radius 3 is 2.43 bits per heavy atom. The molecule has 3 aromatic rings. The maximum Gasteiger partial charge on any atom is 0.296 e. The topological polar surface area (TPSA) is 51.1 Å². The predicted octanol–water partition coefficient (Wildman–Crippen LogP) is 3.56. The quantitative estimate of drug-likeness (QED) is 0.592. The standard InChI is InChI=1S/C19H18N2O2/c1-3-13-8-10-14(11-9-13)20-19(23)18(22)16-12-21(2)17-7-5-4-6-15(16)17/h4-12H,3H2,1-2H3,(H,20,23). The number of ketones is 1. The molecular formula is C19H18N2O2. The number of hydrogen-bond donors (Lipinski definition) is 1. The van der Waals surface area contributed by atoms with E-state index in [9.17, 15) is 9.59 Å². The summed E-state index contributed by atoms with van der Waals surface area (Å²) in [4.78, 5) is 24.7. The number of nitrogens with zero attached hydrogens (tertiary/aromatic N) is 1. The molecule has 0 unspecified atom stereocenters. The summed E-state index contributed by atoms with van der Waals surface area (Å²) < 4.78 is 1.85. The van der Waals surface area contributed by atoms with Gasteiger partial charge in [-0.1, -0.05) is 37.3 Å². The lowest BCUT2D eigenvalue weighted by atomic mass is 10.1. The molecular weight excluding hydrogens is 288 g/mol. The van der Waals surface area contributed by atoms with Crippen LogP contribution < -0.4 is 5.32 Å². The van der Waals surface area contributed by atoms with Gasteiger partial charge in [0.2, 0.25) is 0 Å². The number of anilines is 1. The van der Waals surface area contributed by atoms with E-state index in [-0.39, 0.29) is 0 Å². The number of amides is 1. The second-order valence-electron chi connectivity index (χ2n) is 5.50. The molecule has 0 aliphatic rings. The number of hydrogen-bond acceptors (Lipinski definition) is 2. The Morgan fingerprint density at radius 2 is 1.74 bits per heavy atom. The molecule has 0 bridgehead atoms. The summed E-state index contributed by atoms with van der Waals surface area (Å²) in [5.41, 5.74) is 3.16. The Hall–Kier alpha value is -2.88. The summed E-state index contributed by atoms with van der Waals surface area (Å²) in [6, 6.07) is 15.1. The van der Waals surface area contributed by atoms with E-state index in [2.05, 4.69) is 12.2 Å². The van der Waals surface area contributed by atoms with Gasteiger partial charge < -0.3 is 9.88 Å². The smallest absolute Gasteiger partial charge is 0.296 e. The normalized spacial score (nSPS) is 10.7. The van der Waals surface area contributed by atoms with Crippen LogP contribution in [0.1, 0.15) is 22.8 Å². The molecule has 23 heavy (non-hydrogen) atoms. The third kappa shape index (κ3) is 2.88. The summed E-state index contributed by atoms with van der Waals surface area (Å²) >= 11 is 0. The first-order valence-electron chi connectivity index (χ1n) is 7.59. The molecule has 0 atom stereocenters. The van der Waals surface area contributed by atoms with E-state index >= 15 is 0 Å². The van der Waals surface area contributed by atoms with Gasteiger partial charge in [-0.05, 0) is 30.2 Å². The first-order valence-corrected chi connectivity index (χ1v) is 7.59. The van der Waals surface area contributed by atoms with Crippen LogP contribution in [0.4, 0.5) is 5.69 Å². The minimum Gasteiger partial charge on any atom is -0.350 e. The van der Waals surface area contributed by atoms with Crippen LogP contribution in [0.2, 0.25) is 0 Å². The zero-order valence-electron chi connectivity index (χ0n) is 13.2. The average molecular weight is 306 g/mol. The van der Waals surface area contributed by atoms with E-state index in [1.165, 1.54) is 5.56 Å². The third-order valence-corrected chi connectivity index (χ3v) is 3.97. The Morgan fingerprint density at radius 1 is 1.04 bits per heavy atom. The van der Waals surface area contributed by atoms with E-state index in [4.69, 9.17) is 0 Å². The third-order valence-electron chi connectivity index (χ3n) is 3.97. The Balaban J connectivity index is 1.85. The predicted molar refractivity (Wildman–Crippen MR) is 91.7 cm³/mol. The highest BCUT2D eigenvalue weighted by Gasteiger charge is 2.20. The number of Topliss-reactive ketones (excluding diaryl/α,β-unsaturated/α-hetero) is 1. The number of fused-ring (bicyclic) bond motifs is 1. The molecule has 0 saturated heterocycles. The van der Waals surface area contributed by atoms with E-state index in [1.54, 1.807) is 6.20 Å². The van der Waals surface area contributed by atoms with Gasteiger partial charge in [0.1, 0.15) is 0 Å². The van der Waals surface area contributed by atoms with Crippen LogP contribution in [-0.2, 0) is 18.3 Å². The van der Waals surface area contributed by atoms with Crippen molar-refractivity contribution in [1.29, 1.82) is 0 Å². The lowest BCUT2D eigenvalue weighted by molar-refractivity contribution is -0.112. The van der Waals surface area contributed by atoms with Crippen molar-refractivity contribution in [3.05, 3.63) is 65.9 Å². The highest BCUT2D eigenvalue weighted by Crippen LogP contribution is 2.21. The van der Waals surface area contributed by atoms with Gasteiger partial charge in [-0.15, -0.1) is 0 Å². The van der Waals surface area contributed by atoms with Crippen LogP contribution in [0, 0.1) is 0 Å². The zero-order valence-corrected chi connectivity index (χ0v) is 13.2. The van der Waals surface area contributed by atoms with Gasteiger partial charge in [0.25, 0.3) is 11.7 Å². The number of benzene rings is 2. The van der Waals surface area contributed by atoms with Crippen molar-refractivity contribution in [3.8, 4) is 0 Å². The lowest BCUT2D eigenvalue weighted by Crippen LogP contribution is -2.22. The first kappa shape index (κ1) is 15.0. The number of aromatic nitrogens is 1. The monoisotopic (exact) mass is 306 g/mol. The van der Waals surface area contributed by atoms with Crippen LogP contribution in [0.25, 0.3) is 10.9 Å². The minimum absolute atomic E-state index is 0.422. The van der Waals surface area contributed by atoms with Crippen LogP contribution in [0.15, 0.2) is 54.7 Å². The van der Waals surface area contributed by atoms with Crippen LogP contribution in [0.5, 0.6) is 0 Å². The summed E-state index contributed by atoms with van der Waals surface area (Å²) in [7, 11) is 1.86. The lowest BCUT2D eigenvalue weighted by Gasteiger charge is -2.05. The molecule has 1 N–H and O–H groups in total. The Bertz CT molecular complexity index is 876. The number of para-hydroxylation sites is 1. The fraction of sp³-hybridized carbons (Fsp3) is 0.158. The van der Waals surface area contributed by atoms with E-state index in [0.29, 0.717) is 11.3 Å². The van der Waals surface area contributed by atoms with Gasteiger partial charge >= 0.3 is 0 Å². The van der Waals surface area contributed by atoms with E-state index < -0.39 is 11.7 Å². The van der Waals surface area contributed by atoms with Crippen LogP contribution in [0.3, 0.4) is 0 Å². The number of carbonyl (C=O) groups excluding carboxylic acids is 2. The fourth-order valence-corrected chi connectivity index (χ4v) is 2.66. The van der Waals surface area contributed by atoms with E-state index in [0.717, 1.165) is 17.3 Å². The van der Waals surface area contributed by atoms with Crippen molar-refractivity contribution in [3.63, 3.8) is 0 Å². The van der Waals surface area contributed by atoms with Gasteiger partial charge in [0, 0.05) is 29.8 Å². The molecule has 0 aliphatic heterocycles. The molecule has 116 valence electrons. The highest BCUT2D eigenvalue weighted by atomic mass is 16.2. The van der Waals surface area contributed by atoms with Crippen molar-refractivity contribution in [2.24, 2.45) is 7.05 Å². The minimum atomic E-state index is -0.620. The van der Waals surface area contributed by atoms with E-state index in [1.807, 2.05) is 60.1 Å². The largest absolute Gasteiger partial charge is 0.350 e. The molecule has 3 rings (SSSR count). The zero-order chi connectivity index (χ0) is 16.4. The summed E-state index contributed by atoms with van der Waals surface area (Å²) in [5, 5.41) is 3.46. The van der Waals surface area contributed by atoms with Crippen molar-refractivity contribution >= 4 is 28.3 Å². The number of carbonyl (C=O) groups is 2. The van der Waals surface area contributed by atoms with Crippen molar-refractivity contribution in [1.82, 2.24) is 4.57 Å². The first-order chi connectivity index (χ1) is 11.1. The second-order valence-corrected chi connectivity index (χ2v) is 5.50. The molecule has 1 aromatic heterocycles. The van der Waals surface area contributed by atoms with Gasteiger partial charge in [-0.2, -0.15) is 0 Å². The maximum absolute atomic E-state index is 12.5. The molecule has 0 spiro atoms. The molecule has 4 nitrogen and oxygen atoms in total. The van der Waals surface area contributed by atoms with Gasteiger partial charge in [0.05, 0.1) is 5.56 Å². The molecule has 0 saturated carbocycles. The fourth-order valence-electron chi connectivity index (χ4n) is 2.66. The molecule has 1 heterocycles. The van der Waals surface area contributed by atoms with Crippen molar-refractivity contribution in [2.75, 3.05) is 5.32 Å². The van der Waals surface area contributed by atoms with Crippen LogP contribution >= 0.6 is 0 Å².